The fourth-order valence-electron chi connectivity index (χ4n) is 2.68. The zero-order valence-corrected chi connectivity index (χ0v) is 14.8. The lowest BCUT2D eigenvalue weighted by Gasteiger charge is -2.18. The largest absolute Gasteiger partial charge is 0.370 e. The lowest BCUT2D eigenvalue weighted by atomic mass is 10.2. The van der Waals surface area contributed by atoms with Gasteiger partial charge in [-0.05, 0) is 25.6 Å². The van der Waals surface area contributed by atoms with E-state index in [1.54, 1.807) is 7.05 Å². The predicted octanol–water partition coefficient (Wildman–Crippen LogP) is 0.890. The third kappa shape index (κ3) is 4.37. The van der Waals surface area contributed by atoms with Crippen molar-refractivity contribution in [1.29, 1.82) is 5.26 Å². The molecule has 1 heterocycles. The van der Waals surface area contributed by atoms with Crippen molar-refractivity contribution in [3.8, 4) is 6.07 Å². The van der Waals surface area contributed by atoms with Crippen LogP contribution in [0.3, 0.4) is 0 Å². The third-order valence-corrected chi connectivity index (χ3v) is 4.08. The van der Waals surface area contributed by atoms with E-state index < -0.39 is 11.2 Å². The normalized spacial score (nSPS) is 10.7. The lowest BCUT2D eigenvalue weighted by Crippen LogP contribution is -2.40. The molecule has 25 heavy (non-hydrogen) atoms. The molecule has 0 aliphatic rings. The van der Waals surface area contributed by atoms with Crippen molar-refractivity contribution in [2.45, 2.75) is 13.0 Å². The van der Waals surface area contributed by atoms with Crippen molar-refractivity contribution in [2.24, 2.45) is 14.1 Å². The molecule has 0 bridgehead atoms. The summed E-state index contributed by atoms with van der Waals surface area (Å²) in [6.07, 6.45) is 0.817. The van der Waals surface area contributed by atoms with Crippen LogP contribution in [0.2, 0.25) is 0 Å². The van der Waals surface area contributed by atoms with E-state index in [0.29, 0.717) is 6.54 Å². The molecule has 2 aromatic rings. The topological polar surface area (TPSA) is 83.1 Å². The van der Waals surface area contributed by atoms with E-state index in [2.05, 4.69) is 22.3 Å². The van der Waals surface area contributed by atoms with Crippen molar-refractivity contribution >= 4 is 5.82 Å². The first-order valence-corrected chi connectivity index (χ1v) is 8.12. The molecule has 132 valence electrons. The molecule has 0 saturated heterocycles. The molecule has 1 aromatic carbocycles. The van der Waals surface area contributed by atoms with Gasteiger partial charge in [0.05, 0.1) is 0 Å². The van der Waals surface area contributed by atoms with Crippen LogP contribution in [0.5, 0.6) is 0 Å². The van der Waals surface area contributed by atoms with Gasteiger partial charge in [0.25, 0.3) is 5.56 Å². The van der Waals surface area contributed by atoms with Gasteiger partial charge >= 0.3 is 5.69 Å². The Hall–Kier alpha value is -2.85. The van der Waals surface area contributed by atoms with Crippen LogP contribution in [0.25, 0.3) is 0 Å². The van der Waals surface area contributed by atoms with E-state index in [1.165, 1.54) is 17.2 Å². The number of nitrogens with one attached hydrogen (secondary N) is 1. The van der Waals surface area contributed by atoms with Crippen LogP contribution in [-0.4, -0.2) is 34.2 Å². The van der Waals surface area contributed by atoms with Crippen LogP contribution < -0.4 is 16.6 Å². The predicted molar refractivity (Wildman–Crippen MR) is 97.5 cm³/mol. The number of rotatable bonds is 7. The Morgan fingerprint density at radius 2 is 1.84 bits per heavy atom. The molecule has 0 radical (unpaired) electrons. The molecule has 7 heteroatoms. The summed E-state index contributed by atoms with van der Waals surface area (Å²) in [7, 11) is 4.96. The van der Waals surface area contributed by atoms with E-state index in [4.69, 9.17) is 0 Å². The number of nitrogens with zero attached hydrogens (tertiary/aromatic N) is 4. The second-order valence-electron chi connectivity index (χ2n) is 6.04. The Labute approximate surface area is 146 Å². The molecular weight excluding hydrogens is 318 g/mol. The van der Waals surface area contributed by atoms with Gasteiger partial charge in [-0.25, -0.2) is 4.79 Å². The monoisotopic (exact) mass is 341 g/mol. The van der Waals surface area contributed by atoms with Gasteiger partial charge < -0.3 is 10.2 Å². The van der Waals surface area contributed by atoms with Gasteiger partial charge in [-0.3, -0.25) is 13.9 Å². The van der Waals surface area contributed by atoms with Crippen molar-refractivity contribution in [1.82, 2.24) is 14.0 Å². The molecule has 0 atom stereocenters. The SMILES string of the molecule is CN(CCCNc1c(C#N)c(=O)n(C)c(=O)n1C)Cc1ccccc1. The Kier molecular flexibility index (Phi) is 6.14. The molecule has 0 spiro atoms. The maximum atomic E-state index is 12.0. The quantitative estimate of drug-likeness (QED) is 0.756. The molecule has 2 rings (SSSR count). The summed E-state index contributed by atoms with van der Waals surface area (Å²) in [6.45, 7) is 2.27. The highest BCUT2D eigenvalue weighted by molar-refractivity contribution is 5.51. The van der Waals surface area contributed by atoms with Crippen LogP contribution in [-0.2, 0) is 20.6 Å². The minimum Gasteiger partial charge on any atom is -0.370 e. The van der Waals surface area contributed by atoms with E-state index in [0.717, 1.165) is 24.1 Å². The number of hydrogen-bond donors (Lipinski definition) is 1. The van der Waals surface area contributed by atoms with E-state index in [9.17, 15) is 14.9 Å². The van der Waals surface area contributed by atoms with Gasteiger partial charge in [0.15, 0.2) is 5.56 Å². The van der Waals surface area contributed by atoms with Crippen LogP contribution in [0, 0.1) is 11.3 Å². The molecule has 1 aromatic heterocycles. The summed E-state index contributed by atoms with van der Waals surface area (Å²) in [5.41, 5.74) is 0.183. The fourth-order valence-corrected chi connectivity index (χ4v) is 2.68. The first kappa shape index (κ1) is 18.5. The van der Waals surface area contributed by atoms with Crippen LogP contribution in [0.1, 0.15) is 17.5 Å². The molecular formula is C18H23N5O2. The van der Waals surface area contributed by atoms with E-state index >= 15 is 0 Å². The van der Waals surface area contributed by atoms with Gasteiger partial charge in [-0.1, -0.05) is 30.3 Å². The number of nitriles is 1. The van der Waals surface area contributed by atoms with Crippen molar-refractivity contribution in [2.75, 3.05) is 25.5 Å². The van der Waals surface area contributed by atoms with Gasteiger partial charge in [0, 0.05) is 27.2 Å². The molecule has 0 aliphatic heterocycles. The highest BCUT2D eigenvalue weighted by atomic mass is 16.2. The third-order valence-electron chi connectivity index (χ3n) is 4.08. The zero-order valence-electron chi connectivity index (χ0n) is 14.8. The summed E-state index contributed by atoms with van der Waals surface area (Å²) < 4.78 is 2.24. The Morgan fingerprint density at radius 1 is 1.16 bits per heavy atom. The van der Waals surface area contributed by atoms with Crippen LogP contribution >= 0.6 is 0 Å². The maximum absolute atomic E-state index is 12.0. The molecule has 0 fully saturated rings. The van der Waals surface area contributed by atoms with Gasteiger partial charge in [0.1, 0.15) is 11.9 Å². The molecule has 7 nitrogen and oxygen atoms in total. The van der Waals surface area contributed by atoms with E-state index in [1.807, 2.05) is 31.3 Å². The molecule has 0 aliphatic carbocycles. The molecule has 0 unspecified atom stereocenters. The Morgan fingerprint density at radius 3 is 2.48 bits per heavy atom. The lowest BCUT2D eigenvalue weighted by molar-refractivity contribution is 0.325. The molecule has 1 N–H and O–H groups in total. The Balaban J connectivity index is 1.95. The van der Waals surface area contributed by atoms with E-state index in [-0.39, 0.29) is 11.4 Å². The number of benzene rings is 1. The summed E-state index contributed by atoms with van der Waals surface area (Å²) in [5, 5.41) is 12.3. The van der Waals surface area contributed by atoms with Crippen molar-refractivity contribution in [3.05, 3.63) is 62.3 Å². The standard InChI is InChI=1S/C18H23N5O2/c1-21(13-14-8-5-4-6-9-14)11-7-10-20-16-15(12-19)17(24)23(3)18(25)22(16)2/h4-6,8-9,20H,7,10-11,13H2,1-3H3. The number of aromatic nitrogens is 2. The summed E-state index contributed by atoms with van der Waals surface area (Å²) in [5.74, 6) is 0.279. The first-order chi connectivity index (χ1) is 12.0. The summed E-state index contributed by atoms with van der Waals surface area (Å²) in [6, 6.07) is 12.1. The highest BCUT2D eigenvalue weighted by Crippen LogP contribution is 2.07. The molecule has 0 amide bonds. The fraction of sp³-hybridized carbons (Fsp3) is 0.389. The average molecular weight is 341 g/mol. The summed E-state index contributed by atoms with van der Waals surface area (Å²) >= 11 is 0. The van der Waals surface area contributed by atoms with Gasteiger partial charge in [-0.2, -0.15) is 5.26 Å². The second kappa shape index (κ2) is 8.31. The van der Waals surface area contributed by atoms with Crippen LogP contribution in [0.15, 0.2) is 39.9 Å². The molecule has 0 saturated carbocycles. The Bertz CT molecular complexity index is 877. The average Bonchev–Trinajstić information content (AvgIpc) is 2.61. The minimum absolute atomic E-state index is 0.0396. The van der Waals surface area contributed by atoms with Gasteiger partial charge in [-0.15, -0.1) is 0 Å². The zero-order chi connectivity index (χ0) is 18.4. The highest BCUT2D eigenvalue weighted by Gasteiger charge is 2.14. The number of anilines is 1. The second-order valence-corrected chi connectivity index (χ2v) is 6.04. The van der Waals surface area contributed by atoms with Gasteiger partial charge in [0.2, 0.25) is 0 Å². The smallest absolute Gasteiger partial charge is 0.332 e. The van der Waals surface area contributed by atoms with Crippen LogP contribution in [0.4, 0.5) is 5.82 Å². The number of hydrogen-bond acceptors (Lipinski definition) is 5. The summed E-state index contributed by atoms with van der Waals surface area (Å²) in [4.78, 5) is 26.2. The van der Waals surface area contributed by atoms with Crippen molar-refractivity contribution in [3.63, 3.8) is 0 Å². The first-order valence-electron chi connectivity index (χ1n) is 8.12. The maximum Gasteiger partial charge on any atom is 0.332 e. The van der Waals surface area contributed by atoms with Crippen molar-refractivity contribution < 1.29 is 0 Å². The minimum atomic E-state index is -0.575.